The normalized spacial score (nSPS) is 18.4. The first-order valence-corrected chi connectivity index (χ1v) is 7.77. The van der Waals surface area contributed by atoms with Gasteiger partial charge in [-0.15, -0.1) is 0 Å². The Balaban J connectivity index is 1.74. The van der Waals surface area contributed by atoms with Crippen molar-refractivity contribution >= 4 is 0 Å². The van der Waals surface area contributed by atoms with Gasteiger partial charge in [-0.3, -0.25) is 13.8 Å². The molecule has 0 radical (unpaired) electrons. The predicted molar refractivity (Wildman–Crippen MR) is 78.4 cm³/mol. The molecule has 1 saturated carbocycles. The van der Waals surface area contributed by atoms with Gasteiger partial charge in [0.15, 0.2) is 5.82 Å². The quantitative estimate of drug-likeness (QED) is 0.865. The van der Waals surface area contributed by atoms with E-state index in [0.29, 0.717) is 31.6 Å². The number of nitrogens with zero attached hydrogens (tertiary/aromatic N) is 4. The summed E-state index contributed by atoms with van der Waals surface area (Å²) in [4.78, 5) is 11.9. The molecule has 3 rings (SSSR count). The topological polar surface area (TPSA) is 65.8 Å². The molecule has 23 heavy (non-hydrogen) atoms. The van der Waals surface area contributed by atoms with Crippen molar-refractivity contribution in [2.24, 2.45) is 13.0 Å². The maximum atomic E-state index is 13.2. The molecule has 0 atom stereocenters. The molecule has 1 aliphatic carbocycles. The van der Waals surface area contributed by atoms with Gasteiger partial charge in [-0.2, -0.15) is 5.10 Å². The number of aryl methyl sites for hydroxylation is 2. The fraction of sp³-hybridized carbons (Fsp3) is 0.667. The van der Waals surface area contributed by atoms with Crippen molar-refractivity contribution in [1.29, 1.82) is 0 Å². The smallest absolute Gasteiger partial charge is 0.296 e. The molecule has 0 amide bonds. The van der Waals surface area contributed by atoms with Gasteiger partial charge < -0.3 is 0 Å². The molecule has 0 unspecified atom stereocenters. The molecule has 2 aromatic heterocycles. The number of halogens is 2. The number of rotatable bonds is 4. The number of hydrogen-bond donors (Lipinski definition) is 0. The predicted octanol–water partition coefficient (Wildman–Crippen LogP) is 2.29. The highest BCUT2D eigenvalue weighted by atomic mass is 19.3. The Kier molecular flexibility index (Phi) is 4.08. The van der Waals surface area contributed by atoms with Gasteiger partial charge >= 0.3 is 5.76 Å². The second kappa shape index (κ2) is 5.90. The van der Waals surface area contributed by atoms with Gasteiger partial charge in [0.2, 0.25) is 5.92 Å². The lowest BCUT2D eigenvalue weighted by Gasteiger charge is -2.27. The molecule has 1 fully saturated rings. The first kappa shape index (κ1) is 15.9. The van der Waals surface area contributed by atoms with Crippen LogP contribution in [0.15, 0.2) is 15.4 Å². The van der Waals surface area contributed by atoms with E-state index in [1.165, 1.54) is 4.57 Å². The summed E-state index contributed by atoms with van der Waals surface area (Å²) < 4.78 is 34.4. The Morgan fingerprint density at radius 2 is 2.09 bits per heavy atom. The lowest BCUT2D eigenvalue weighted by atomic mass is 9.84. The standard InChI is InChI=1S/C15H20F2N4O2/c1-10-7-12(20(2)18-10)9-21-13(19-23-14(21)22)8-11-3-5-15(16,17)6-4-11/h7,11H,3-6,8-9H2,1-2H3. The van der Waals surface area contributed by atoms with Crippen LogP contribution >= 0.6 is 0 Å². The minimum Gasteiger partial charge on any atom is -0.296 e. The average molecular weight is 326 g/mol. The van der Waals surface area contributed by atoms with E-state index in [4.69, 9.17) is 4.52 Å². The maximum absolute atomic E-state index is 13.2. The third-order valence-electron chi connectivity index (χ3n) is 4.49. The molecule has 0 saturated heterocycles. The Hall–Kier alpha value is -1.99. The zero-order valence-electron chi connectivity index (χ0n) is 13.3. The van der Waals surface area contributed by atoms with E-state index in [2.05, 4.69) is 10.3 Å². The van der Waals surface area contributed by atoms with Crippen LogP contribution in [0.4, 0.5) is 8.78 Å². The first-order valence-electron chi connectivity index (χ1n) is 7.77. The highest BCUT2D eigenvalue weighted by Crippen LogP contribution is 2.37. The van der Waals surface area contributed by atoms with E-state index < -0.39 is 11.7 Å². The summed E-state index contributed by atoms with van der Waals surface area (Å²) >= 11 is 0. The molecule has 0 bridgehead atoms. The lowest BCUT2D eigenvalue weighted by molar-refractivity contribution is -0.0459. The molecular formula is C15H20F2N4O2. The SMILES string of the molecule is Cc1cc(Cn2c(CC3CCC(F)(F)CC3)noc2=O)n(C)n1. The summed E-state index contributed by atoms with van der Waals surface area (Å²) in [5.41, 5.74) is 1.73. The van der Waals surface area contributed by atoms with Crippen molar-refractivity contribution in [1.82, 2.24) is 19.5 Å². The molecule has 126 valence electrons. The van der Waals surface area contributed by atoms with E-state index in [1.807, 2.05) is 20.0 Å². The molecule has 2 aromatic rings. The molecular weight excluding hydrogens is 306 g/mol. The Morgan fingerprint density at radius 1 is 1.39 bits per heavy atom. The molecule has 0 aromatic carbocycles. The van der Waals surface area contributed by atoms with Crippen LogP contribution in [0.1, 0.15) is 42.9 Å². The molecule has 6 nitrogen and oxygen atoms in total. The van der Waals surface area contributed by atoms with E-state index in [-0.39, 0.29) is 18.8 Å². The van der Waals surface area contributed by atoms with Gasteiger partial charge in [-0.25, -0.2) is 13.6 Å². The molecule has 8 heteroatoms. The first-order chi connectivity index (χ1) is 10.8. The largest absolute Gasteiger partial charge is 0.441 e. The van der Waals surface area contributed by atoms with Gasteiger partial charge in [-0.1, -0.05) is 5.16 Å². The van der Waals surface area contributed by atoms with E-state index >= 15 is 0 Å². The monoisotopic (exact) mass is 326 g/mol. The van der Waals surface area contributed by atoms with Gasteiger partial charge in [-0.05, 0) is 31.7 Å². The second-order valence-corrected chi connectivity index (χ2v) is 6.35. The lowest BCUT2D eigenvalue weighted by Crippen LogP contribution is -2.27. The molecule has 0 N–H and O–H groups in total. The second-order valence-electron chi connectivity index (χ2n) is 6.35. The zero-order valence-corrected chi connectivity index (χ0v) is 13.3. The number of alkyl halides is 2. The molecule has 0 aliphatic heterocycles. The van der Waals surface area contributed by atoms with Gasteiger partial charge in [0, 0.05) is 26.3 Å². The zero-order chi connectivity index (χ0) is 16.6. The summed E-state index contributed by atoms with van der Waals surface area (Å²) in [5, 5.41) is 8.09. The Labute approximate surface area is 132 Å². The van der Waals surface area contributed by atoms with E-state index in [9.17, 15) is 13.6 Å². The van der Waals surface area contributed by atoms with Crippen LogP contribution in [0.25, 0.3) is 0 Å². The minimum atomic E-state index is -2.55. The fourth-order valence-electron chi connectivity index (χ4n) is 3.14. The summed E-state index contributed by atoms with van der Waals surface area (Å²) in [5.74, 6) is -2.45. The maximum Gasteiger partial charge on any atom is 0.441 e. The third kappa shape index (κ3) is 3.51. The highest BCUT2D eigenvalue weighted by molar-refractivity contribution is 5.09. The van der Waals surface area contributed by atoms with Crippen molar-refractivity contribution in [2.45, 2.75) is 51.5 Å². The van der Waals surface area contributed by atoms with Crippen LogP contribution in [0.3, 0.4) is 0 Å². The van der Waals surface area contributed by atoms with Gasteiger partial charge in [0.25, 0.3) is 0 Å². The van der Waals surface area contributed by atoms with Crippen molar-refractivity contribution in [2.75, 3.05) is 0 Å². The van der Waals surface area contributed by atoms with Crippen molar-refractivity contribution < 1.29 is 13.3 Å². The van der Waals surface area contributed by atoms with Crippen LogP contribution in [0.2, 0.25) is 0 Å². The minimum absolute atomic E-state index is 0.0966. The Morgan fingerprint density at radius 3 is 2.70 bits per heavy atom. The van der Waals surface area contributed by atoms with Crippen LogP contribution < -0.4 is 5.76 Å². The summed E-state index contributed by atoms with van der Waals surface area (Å²) in [6.45, 7) is 2.20. The fourth-order valence-corrected chi connectivity index (χ4v) is 3.14. The average Bonchev–Trinajstić information content (AvgIpc) is 2.97. The van der Waals surface area contributed by atoms with E-state index in [1.54, 1.807) is 4.68 Å². The van der Waals surface area contributed by atoms with Crippen molar-refractivity contribution in [3.8, 4) is 0 Å². The molecule has 0 spiro atoms. The van der Waals surface area contributed by atoms with E-state index in [0.717, 1.165) is 11.4 Å². The van der Waals surface area contributed by atoms with Crippen LogP contribution in [0.5, 0.6) is 0 Å². The highest BCUT2D eigenvalue weighted by Gasteiger charge is 2.35. The molecule has 1 aliphatic rings. The van der Waals surface area contributed by atoms with Gasteiger partial charge in [0.05, 0.1) is 17.9 Å². The Bertz CT molecular complexity index is 737. The van der Waals surface area contributed by atoms with Crippen LogP contribution in [-0.2, 0) is 20.0 Å². The van der Waals surface area contributed by atoms with Crippen molar-refractivity contribution in [3.63, 3.8) is 0 Å². The van der Waals surface area contributed by atoms with Gasteiger partial charge in [0.1, 0.15) is 0 Å². The summed E-state index contributed by atoms with van der Waals surface area (Å²) in [6, 6.07) is 1.89. The third-order valence-corrected chi connectivity index (χ3v) is 4.49. The summed E-state index contributed by atoms with van der Waals surface area (Å²) in [6.07, 6.45) is 1.18. The number of aromatic nitrogens is 4. The van der Waals surface area contributed by atoms with Crippen LogP contribution in [-0.4, -0.2) is 25.4 Å². The summed E-state index contributed by atoms with van der Waals surface area (Å²) in [7, 11) is 1.81. The van der Waals surface area contributed by atoms with Crippen molar-refractivity contribution in [3.05, 3.63) is 33.8 Å². The number of hydrogen-bond acceptors (Lipinski definition) is 4. The molecule has 2 heterocycles. The van der Waals surface area contributed by atoms with Crippen LogP contribution in [0, 0.1) is 12.8 Å².